The second-order valence-electron chi connectivity index (χ2n) is 7.93. The Hall–Kier alpha value is -2.25. The fraction of sp³-hybridized carbons (Fsp3) is 0.500. The van der Waals surface area contributed by atoms with Gasteiger partial charge in [0.25, 0.3) is 0 Å². The van der Waals surface area contributed by atoms with E-state index in [1.807, 2.05) is 6.92 Å². The highest BCUT2D eigenvalue weighted by Crippen LogP contribution is 2.28. The zero-order valence-electron chi connectivity index (χ0n) is 17.0. The van der Waals surface area contributed by atoms with Gasteiger partial charge in [0, 0.05) is 37.0 Å². The van der Waals surface area contributed by atoms with Crippen molar-refractivity contribution in [3.63, 3.8) is 0 Å². The number of fused-ring (bicyclic) bond motifs is 1. The van der Waals surface area contributed by atoms with Gasteiger partial charge in [-0.3, -0.25) is 14.5 Å². The standard InChI is InChI=1S/C22H28N4O2S/c1-14-15(2)29-21(25-14)7-8-23-20(27)13-19-22(28)24-9-10-26(19)18-11-16-5-3-4-6-17(16)12-18/h3-6,18-19H,7-13H2,1-2H3,(H,23,27)(H,24,28)/t19-/m0/s1. The summed E-state index contributed by atoms with van der Waals surface area (Å²) in [5.74, 6) is -0.105. The van der Waals surface area contributed by atoms with Crippen LogP contribution in [-0.4, -0.2) is 53.4 Å². The van der Waals surface area contributed by atoms with Gasteiger partial charge in [-0.15, -0.1) is 11.3 Å². The smallest absolute Gasteiger partial charge is 0.237 e. The molecule has 6 nitrogen and oxygen atoms in total. The van der Waals surface area contributed by atoms with E-state index in [0.717, 1.165) is 36.5 Å². The lowest BCUT2D eigenvalue weighted by Gasteiger charge is -2.38. The molecule has 2 aromatic rings. The van der Waals surface area contributed by atoms with E-state index in [1.165, 1.54) is 16.0 Å². The maximum absolute atomic E-state index is 12.6. The number of aromatic nitrogens is 1. The van der Waals surface area contributed by atoms with Crippen molar-refractivity contribution in [2.75, 3.05) is 19.6 Å². The second kappa shape index (κ2) is 8.63. The molecule has 1 atom stereocenters. The number of nitrogens with zero attached hydrogens (tertiary/aromatic N) is 2. The Kier molecular flexibility index (Phi) is 5.96. The number of hydrogen-bond donors (Lipinski definition) is 2. The minimum atomic E-state index is -0.396. The lowest BCUT2D eigenvalue weighted by atomic mass is 10.0. The third-order valence-electron chi connectivity index (χ3n) is 5.98. The zero-order chi connectivity index (χ0) is 20.4. The van der Waals surface area contributed by atoms with Gasteiger partial charge in [0.15, 0.2) is 0 Å². The summed E-state index contributed by atoms with van der Waals surface area (Å²) < 4.78 is 0. The van der Waals surface area contributed by atoms with Crippen LogP contribution in [0.3, 0.4) is 0 Å². The van der Waals surface area contributed by atoms with E-state index in [2.05, 4.69) is 51.7 Å². The van der Waals surface area contributed by atoms with Crippen LogP contribution in [0.5, 0.6) is 0 Å². The maximum atomic E-state index is 12.6. The molecule has 0 saturated carbocycles. The topological polar surface area (TPSA) is 74.3 Å². The first-order valence-electron chi connectivity index (χ1n) is 10.3. The molecule has 0 spiro atoms. The number of rotatable bonds is 6. The molecule has 4 rings (SSSR count). The molecule has 1 aromatic heterocycles. The molecule has 1 saturated heterocycles. The summed E-state index contributed by atoms with van der Waals surface area (Å²) in [6, 6.07) is 8.37. The van der Waals surface area contributed by atoms with Gasteiger partial charge < -0.3 is 10.6 Å². The number of hydrogen-bond acceptors (Lipinski definition) is 5. The summed E-state index contributed by atoms with van der Waals surface area (Å²) in [6.45, 7) is 6.05. The van der Waals surface area contributed by atoms with E-state index in [-0.39, 0.29) is 24.3 Å². The number of thiazole rings is 1. The van der Waals surface area contributed by atoms with Crippen LogP contribution in [0, 0.1) is 13.8 Å². The first kappa shape index (κ1) is 20.0. The van der Waals surface area contributed by atoms with Crippen molar-refractivity contribution in [1.29, 1.82) is 0 Å². The first-order valence-corrected chi connectivity index (χ1v) is 11.1. The van der Waals surface area contributed by atoms with Crippen molar-refractivity contribution in [1.82, 2.24) is 20.5 Å². The third-order valence-corrected chi connectivity index (χ3v) is 7.12. The molecule has 1 aliphatic heterocycles. The van der Waals surface area contributed by atoms with Crippen LogP contribution in [0.2, 0.25) is 0 Å². The number of amides is 2. The normalized spacial score (nSPS) is 19.8. The number of piperazine rings is 1. The average Bonchev–Trinajstić information content (AvgIpc) is 3.26. The highest BCUT2D eigenvalue weighted by Gasteiger charge is 2.38. The van der Waals surface area contributed by atoms with Crippen LogP contribution in [0.4, 0.5) is 0 Å². The van der Waals surface area contributed by atoms with Gasteiger partial charge in [-0.2, -0.15) is 0 Å². The van der Waals surface area contributed by atoms with Crippen molar-refractivity contribution in [2.45, 2.75) is 51.6 Å². The minimum absolute atomic E-state index is 0.0338. The van der Waals surface area contributed by atoms with Crippen LogP contribution in [0.25, 0.3) is 0 Å². The summed E-state index contributed by atoms with van der Waals surface area (Å²) in [4.78, 5) is 33.1. The molecule has 7 heteroatoms. The number of aryl methyl sites for hydroxylation is 2. The third kappa shape index (κ3) is 4.51. The second-order valence-corrected chi connectivity index (χ2v) is 9.22. The lowest BCUT2D eigenvalue weighted by molar-refractivity contribution is -0.135. The largest absolute Gasteiger partial charge is 0.356 e. The van der Waals surface area contributed by atoms with Gasteiger partial charge in [0.2, 0.25) is 11.8 Å². The van der Waals surface area contributed by atoms with Crippen LogP contribution in [-0.2, 0) is 28.9 Å². The van der Waals surface area contributed by atoms with Crippen molar-refractivity contribution < 1.29 is 9.59 Å². The van der Waals surface area contributed by atoms with E-state index in [1.54, 1.807) is 11.3 Å². The minimum Gasteiger partial charge on any atom is -0.356 e. The summed E-state index contributed by atoms with van der Waals surface area (Å²) in [5, 5.41) is 6.95. The molecule has 2 aliphatic rings. The van der Waals surface area contributed by atoms with Gasteiger partial charge >= 0.3 is 0 Å². The van der Waals surface area contributed by atoms with E-state index in [4.69, 9.17) is 0 Å². The van der Waals surface area contributed by atoms with Crippen molar-refractivity contribution in [3.05, 3.63) is 51.0 Å². The Bertz CT molecular complexity index is 865. The van der Waals surface area contributed by atoms with E-state index >= 15 is 0 Å². The SMILES string of the molecule is Cc1nc(CCNC(=O)C[C@H]2C(=O)NCCN2C2Cc3ccccc3C2)sc1C. The van der Waals surface area contributed by atoms with Crippen LogP contribution in [0.15, 0.2) is 24.3 Å². The molecule has 29 heavy (non-hydrogen) atoms. The van der Waals surface area contributed by atoms with Crippen LogP contribution in [0.1, 0.15) is 33.1 Å². The quantitative estimate of drug-likeness (QED) is 0.759. The summed E-state index contributed by atoms with van der Waals surface area (Å²) in [5.41, 5.74) is 3.78. The summed E-state index contributed by atoms with van der Waals surface area (Å²) in [7, 11) is 0. The zero-order valence-corrected chi connectivity index (χ0v) is 17.8. The molecule has 1 aromatic carbocycles. The molecule has 0 unspecified atom stereocenters. The molecule has 2 heterocycles. The molecular formula is C22H28N4O2S. The lowest BCUT2D eigenvalue weighted by Crippen LogP contribution is -2.59. The van der Waals surface area contributed by atoms with Gasteiger partial charge in [-0.25, -0.2) is 4.98 Å². The highest BCUT2D eigenvalue weighted by atomic mass is 32.1. The van der Waals surface area contributed by atoms with Crippen molar-refractivity contribution in [2.24, 2.45) is 0 Å². The summed E-state index contributed by atoms with van der Waals surface area (Å²) >= 11 is 1.68. The molecule has 0 radical (unpaired) electrons. The Morgan fingerprint density at radius 2 is 2.00 bits per heavy atom. The first-order chi connectivity index (χ1) is 14.0. The molecule has 154 valence electrons. The summed E-state index contributed by atoms with van der Waals surface area (Å²) in [6.07, 6.45) is 2.83. The number of carbonyl (C=O) groups excluding carboxylic acids is 2. The fourth-order valence-corrected chi connectivity index (χ4v) is 5.29. The van der Waals surface area contributed by atoms with Crippen LogP contribution < -0.4 is 10.6 Å². The highest BCUT2D eigenvalue weighted by molar-refractivity contribution is 7.11. The van der Waals surface area contributed by atoms with Crippen molar-refractivity contribution >= 4 is 23.2 Å². The van der Waals surface area contributed by atoms with Gasteiger partial charge in [0.1, 0.15) is 0 Å². The Morgan fingerprint density at radius 1 is 1.28 bits per heavy atom. The predicted octanol–water partition coefficient (Wildman–Crippen LogP) is 1.78. The monoisotopic (exact) mass is 412 g/mol. The fourth-order valence-electron chi connectivity index (χ4n) is 4.35. The van der Waals surface area contributed by atoms with Gasteiger partial charge in [0.05, 0.1) is 23.2 Å². The molecular weight excluding hydrogens is 384 g/mol. The molecule has 2 N–H and O–H groups in total. The Labute approximate surface area is 175 Å². The molecule has 1 aliphatic carbocycles. The number of nitrogens with one attached hydrogen (secondary N) is 2. The van der Waals surface area contributed by atoms with E-state index in [0.29, 0.717) is 13.1 Å². The van der Waals surface area contributed by atoms with Gasteiger partial charge in [-0.05, 0) is 37.8 Å². The predicted molar refractivity (Wildman–Crippen MR) is 114 cm³/mol. The molecule has 1 fully saturated rings. The molecule has 0 bridgehead atoms. The van der Waals surface area contributed by atoms with E-state index < -0.39 is 6.04 Å². The van der Waals surface area contributed by atoms with E-state index in [9.17, 15) is 9.59 Å². The molecule has 2 amide bonds. The van der Waals surface area contributed by atoms with Crippen LogP contribution >= 0.6 is 11.3 Å². The maximum Gasteiger partial charge on any atom is 0.237 e. The Morgan fingerprint density at radius 3 is 2.66 bits per heavy atom. The average molecular weight is 413 g/mol. The number of carbonyl (C=O) groups is 2. The van der Waals surface area contributed by atoms with Gasteiger partial charge in [-0.1, -0.05) is 24.3 Å². The number of benzene rings is 1. The van der Waals surface area contributed by atoms with Crippen molar-refractivity contribution in [3.8, 4) is 0 Å². The Balaban J connectivity index is 1.34.